The van der Waals surface area contributed by atoms with Gasteiger partial charge in [0.05, 0.1) is 10.4 Å². The van der Waals surface area contributed by atoms with Crippen molar-refractivity contribution in [1.29, 1.82) is 0 Å². The maximum atomic E-state index is 13.5. The van der Waals surface area contributed by atoms with E-state index < -0.39 is 0 Å². The van der Waals surface area contributed by atoms with Gasteiger partial charge < -0.3 is 9.80 Å². The fourth-order valence-corrected chi connectivity index (χ4v) is 5.61. The number of hydrogen-bond acceptors (Lipinski definition) is 4. The number of benzene rings is 1. The summed E-state index contributed by atoms with van der Waals surface area (Å²) in [4.78, 5) is 34.9. The normalized spacial score (nSPS) is 22.9. The first kappa shape index (κ1) is 19.9. The second-order valence-electron chi connectivity index (χ2n) is 8.11. The number of carbonyl (C=O) groups excluding carboxylic acids is 2. The molecule has 3 atom stereocenters. The minimum Gasteiger partial charge on any atom is -0.338 e. The number of thiophene rings is 1. The summed E-state index contributed by atoms with van der Waals surface area (Å²) in [6, 6.07) is 13.9. The smallest absolute Gasteiger partial charge is 0.264 e. The number of halogens is 1. The first-order valence-electron chi connectivity index (χ1n) is 10.4. The van der Waals surface area contributed by atoms with Gasteiger partial charge in [-0.05, 0) is 47.7 Å². The highest BCUT2D eigenvalue weighted by Gasteiger charge is 2.48. The van der Waals surface area contributed by atoms with Crippen LogP contribution in [0.3, 0.4) is 0 Å². The second-order valence-corrected chi connectivity index (χ2v) is 9.05. The Hall–Kier alpha value is -3.06. The van der Waals surface area contributed by atoms with Crippen LogP contribution in [-0.4, -0.2) is 52.3 Å². The predicted molar refractivity (Wildman–Crippen MR) is 117 cm³/mol. The van der Waals surface area contributed by atoms with E-state index in [0.717, 1.165) is 16.9 Å². The molecule has 0 saturated carbocycles. The van der Waals surface area contributed by atoms with Crippen molar-refractivity contribution in [3.05, 3.63) is 88.1 Å². The lowest BCUT2D eigenvalue weighted by molar-refractivity contribution is 0.0536. The molecule has 0 aliphatic carbocycles. The third-order valence-electron chi connectivity index (χ3n) is 6.42. The molecule has 0 unspecified atom stereocenters. The van der Waals surface area contributed by atoms with Crippen molar-refractivity contribution in [1.82, 2.24) is 14.8 Å². The van der Waals surface area contributed by atoms with Crippen LogP contribution in [0.4, 0.5) is 4.39 Å². The average molecular weight is 436 g/mol. The van der Waals surface area contributed by atoms with Crippen molar-refractivity contribution in [2.24, 2.45) is 5.92 Å². The third kappa shape index (κ3) is 3.74. The number of likely N-dealkylation sites (tertiary alicyclic amines) is 2. The molecular formula is C24H22FN3O2S. The van der Waals surface area contributed by atoms with Crippen molar-refractivity contribution >= 4 is 23.2 Å². The van der Waals surface area contributed by atoms with Gasteiger partial charge in [-0.1, -0.05) is 18.2 Å². The lowest BCUT2D eigenvalue weighted by Gasteiger charge is -2.39. The quantitative estimate of drug-likeness (QED) is 0.624. The van der Waals surface area contributed by atoms with Crippen LogP contribution in [0.2, 0.25) is 0 Å². The van der Waals surface area contributed by atoms with Gasteiger partial charge in [-0.2, -0.15) is 0 Å². The number of aromatic nitrogens is 1. The number of hydrogen-bond donors (Lipinski definition) is 0. The SMILES string of the molecule is O=C(c1cccnc1)N1CC[C@@H]2[C@H](C1)[C@@H](c1ccc(F)cc1)CN2C(=O)c1cccs1. The molecule has 5 nitrogen and oxygen atoms in total. The van der Waals surface area contributed by atoms with E-state index in [4.69, 9.17) is 0 Å². The van der Waals surface area contributed by atoms with Gasteiger partial charge in [0.2, 0.25) is 0 Å². The third-order valence-corrected chi connectivity index (χ3v) is 7.28. The lowest BCUT2D eigenvalue weighted by Crippen LogP contribution is -2.49. The molecular weight excluding hydrogens is 413 g/mol. The molecule has 2 aromatic heterocycles. The Morgan fingerprint density at radius 3 is 2.58 bits per heavy atom. The highest BCUT2D eigenvalue weighted by molar-refractivity contribution is 7.12. The van der Waals surface area contributed by atoms with Gasteiger partial charge in [0.1, 0.15) is 5.82 Å². The van der Waals surface area contributed by atoms with Gasteiger partial charge in [-0.15, -0.1) is 11.3 Å². The Kier molecular flexibility index (Phi) is 5.28. The summed E-state index contributed by atoms with van der Waals surface area (Å²) in [7, 11) is 0. The van der Waals surface area contributed by atoms with Crippen LogP contribution in [-0.2, 0) is 0 Å². The van der Waals surface area contributed by atoms with Crippen LogP contribution in [0.1, 0.15) is 37.9 Å². The first-order chi connectivity index (χ1) is 15.1. The molecule has 7 heteroatoms. The zero-order valence-electron chi connectivity index (χ0n) is 16.9. The van der Waals surface area contributed by atoms with E-state index in [9.17, 15) is 14.0 Å². The molecule has 31 heavy (non-hydrogen) atoms. The van der Waals surface area contributed by atoms with Crippen molar-refractivity contribution in [2.75, 3.05) is 19.6 Å². The maximum Gasteiger partial charge on any atom is 0.264 e. The molecule has 1 aromatic carbocycles. The van der Waals surface area contributed by atoms with Gasteiger partial charge in [0.15, 0.2) is 0 Å². The number of nitrogens with zero attached hydrogens (tertiary/aromatic N) is 3. The second kappa shape index (κ2) is 8.23. The number of amides is 2. The number of pyridine rings is 1. The predicted octanol–water partition coefficient (Wildman–Crippen LogP) is 4.05. The molecule has 0 N–H and O–H groups in total. The molecule has 0 bridgehead atoms. The topological polar surface area (TPSA) is 53.5 Å². The van der Waals surface area contributed by atoms with Gasteiger partial charge in [-0.3, -0.25) is 14.6 Å². The number of piperidine rings is 1. The van der Waals surface area contributed by atoms with Crippen LogP contribution in [0, 0.1) is 11.7 Å². The van der Waals surface area contributed by atoms with E-state index in [0.29, 0.717) is 25.2 Å². The Morgan fingerprint density at radius 2 is 1.87 bits per heavy atom. The summed E-state index contributed by atoms with van der Waals surface area (Å²) < 4.78 is 13.5. The van der Waals surface area contributed by atoms with Gasteiger partial charge in [-0.25, -0.2) is 4.39 Å². The molecule has 2 aliphatic heterocycles. The molecule has 5 rings (SSSR count). The summed E-state index contributed by atoms with van der Waals surface area (Å²) in [5.41, 5.74) is 1.58. The molecule has 2 saturated heterocycles. The van der Waals surface area contributed by atoms with Crippen molar-refractivity contribution in [3.63, 3.8) is 0 Å². The van der Waals surface area contributed by atoms with Crippen LogP contribution in [0.25, 0.3) is 0 Å². The molecule has 2 fully saturated rings. The maximum absolute atomic E-state index is 13.5. The van der Waals surface area contributed by atoms with Gasteiger partial charge in [0.25, 0.3) is 11.8 Å². The lowest BCUT2D eigenvalue weighted by atomic mass is 9.81. The Bertz CT molecular complexity index is 1070. The first-order valence-corrected chi connectivity index (χ1v) is 11.3. The Balaban J connectivity index is 1.44. The summed E-state index contributed by atoms with van der Waals surface area (Å²) in [5.74, 6) is -0.112. The largest absolute Gasteiger partial charge is 0.338 e. The molecule has 3 aromatic rings. The summed E-state index contributed by atoms with van der Waals surface area (Å²) in [6.07, 6.45) is 3.97. The number of carbonyl (C=O) groups is 2. The van der Waals surface area contributed by atoms with Crippen molar-refractivity contribution < 1.29 is 14.0 Å². The molecule has 4 heterocycles. The zero-order valence-corrected chi connectivity index (χ0v) is 17.7. The van der Waals surface area contributed by atoms with Crippen LogP contribution in [0.5, 0.6) is 0 Å². The molecule has 158 valence electrons. The van der Waals surface area contributed by atoms with Gasteiger partial charge >= 0.3 is 0 Å². The van der Waals surface area contributed by atoms with E-state index >= 15 is 0 Å². The van der Waals surface area contributed by atoms with E-state index in [1.165, 1.54) is 23.5 Å². The van der Waals surface area contributed by atoms with Crippen LogP contribution in [0.15, 0.2) is 66.3 Å². The molecule has 2 aliphatic rings. The minimum absolute atomic E-state index is 0.0348. The zero-order chi connectivity index (χ0) is 21.4. The highest BCUT2D eigenvalue weighted by Crippen LogP contribution is 2.42. The Morgan fingerprint density at radius 1 is 1.03 bits per heavy atom. The van der Waals surface area contributed by atoms with Crippen LogP contribution >= 0.6 is 11.3 Å². The van der Waals surface area contributed by atoms with E-state index in [2.05, 4.69) is 4.98 Å². The molecule has 0 radical (unpaired) electrons. The highest BCUT2D eigenvalue weighted by atomic mass is 32.1. The molecule has 2 amide bonds. The molecule has 0 spiro atoms. The monoisotopic (exact) mass is 435 g/mol. The fraction of sp³-hybridized carbons (Fsp3) is 0.292. The average Bonchev–Trinajstić information content (AvgIpc) is 3.47. The van der Waals surface area contributed by atoms with Crippen molar-refractivity contribution in [2.45, 2.75) is 18.4 Å². The van der Waals surface area contributed by atoms with Crippen LogP contribution < -0.4 is 0 Å². The van der Waals surface area contributed by atoms with E-state index in [-0.39, 0.29) is 35.5 Å². The van der Waals surface area contributed by atoms with Gasteiger partial charge in [0, 0.05) is 49.9 Å². The summed E-state index contributed by atoms with van der Waals surface area (Å²) in [5, 5.41) is 1.91. The number of fused-ring (bicyclic) bond motifs is 1. The van der Waals surface area contributed by atoms with Crippen molar-refractivity contribution in [3.8, 4) is 0 Å². The summed E-state index contributed by atoms with van der Waals surface area (Å²) >= 11 is 1.45. The fourth-order valence-electron chi connectivity index (χ4n) is 4.93. The standard InChI is InChI=1S/C24H22FN3O2S/c25-18-7-5-16(6-8-18)19-15-28(24(30)22-4-2-12-31-22)21-9-11-27(14-20(19)21)23(29)17-3-1-10-26-13-17/h1-8,10,12-13,19-21H,9,11,14-15H2/t19-,20-,21-/m1/s1. The minimum atomic E-state index is -0.276. The van der Waals surface area contributed by atoms with E-state index in [1.54, 1.807) is 36.7 Å². The number of rotatable bonds is 3. The Labute approximate surface area is 184 Å². The van der Waals surface area contributed by atoms with E-state index in [1.807, 2.05) is 27.3 Å². The summed E-state index contributed by atoms with van der Waals surface area (Å²) in [6.45, 7) is 1.74.